The summed E-state index contributed by atoms with van der Waals surface area (Å²) in [6.07, 6.45) is 4.39. The summed E-state index contributed by atoms with van der Waals surface area (Å²) in [6.45, 7) is 2.87. The number of rotatable bonds is 6. The van der Waals surface area contributed by atoms with Crippen LogP contribution in [0.3, 0.4) is 0 Å². The molecule has 2 aromatic heterocycles. The van der Waals surface area contributed by atoms with E-state index in [4.69, 9.17) is 4.74 Å². The molecule has 1 N–H and O–H groups in total. The predicted molar refractivity (Wildman–Crippen MR) is 119 cm³/mol. The van der Waals surface area contributed by atoms with E-state index in [1.807, 2.05) is 54.7 Å². The molecule has 1 atom stereocenters. The lowest BCUT2D eigenvalue weighted by molar-refractivity contribution is -0.116. The van der Waals surface area contributed by atoms with Crippen molar-refractivity contribution in [2.75, 3.05) is 11.9 Å². The summed E-state index contributed by atoms with van der Waals surface area (Å²) < 4.78 is 8.60. The van der Waals surface area contributed by atoms with Crippen molar-refractivity contribution in [2.24, 2.45) is 0 Å². The van der Waals surface area contributed by atoms with Gasteiger partial charge < -0.3 is 10.1 Å². The molecule has 1 aliphatic heterocycles. The molecular formula is C23H22N4O2S. The minimum Gasteiger partial charge on any atom is -0.494 e. The van der Waals surface area contributed by atoms with Crippen LogP contribution in [0.25, 0.3) is 15.3 Å². The molecule has 0 fully saturated rings. The lowest BCUT2D eigenvalue weighted by atomic mass is 9.87. The Morgan fingerprint density at radius 3 is 2.83 bits per heavy atom. The molecule has 7 heteroatoms. The van der Waals surface area contributed by atoms with Gasteiger partial charge in [0.2, 0.25) is 11.0 Å². The van der Waals surface area contributed by atoms with E-state index in [2.05, 4.69) is 22.3 Å². The van der Waals surface area contributed by atoms with Gasteiger partial charge in [0.15, 0.2) is 0 Å². The third-order valence-electron chi connectivity index (χ3n) is 5.33. The zero-order valence-corrected chi connectivity index (χ0v) is 17.5. The first kappa shape index (κ1) is 18.8. The maximum absolute atomic E-state index is 12.5. The summed E-state index contributed by atoms with van der Waals surface area (Å²) >= 11 is 1.56. The summed E-state index contributed by atoms with van der Waals surface area (Å²) in [5.74, 6) is 1.51. The summed E-state index contributed by atoms with van der Waals surface area (Å²) in [5, 5.41) is 8.31. The number of ether oxygens (including phenoxy) is 1. The van der Waals surface area contributed by atoms with Gasteiger partial charge in [-0.25, -0.2) is 4.98 Å². The lowest BCUT2D eigenvalue weighted by Gasteiger charge is -2.23. The molecule has 3 heterocycles. The van der Waals surface area contributed by atoms with Crippen molar-refractivity contribution in [3.05, 3.63) is 65.9 Å². The van der Waals surface area contributed by atoms with Crippen molar-refractivity contribution in [2.45, 2.75) is 32.1 Å². The highest BCUT2D eigenvalue weighted by Gasteiger charge is 2.31. The molecule has 0 spiro atoms. The fourth-order valence-electron chi connectivity index (χ4n) is 3.74. The smallest absolute Gasteiger partial charge is 0.226 e. The molecule has 30 heavy (non-hydrogen) atoms. The number of hydrogen-bond acceptors (Lipinski definition) is 5. The molecule has 0 unspecified atom stereocenters. The molecule has 0 saturated carbocycles. The Hall–Kier alpha value is -3.19. The minimum absolute atomic E-state index is 0.0152. The van der Waals surface area contributed by atoms with Gasteiger partial charge in [-0.15, -0.1) is 0 Å². The highest BCUT2D eigenvalue weighted by atomic mass is 32.1. The van der Waals surface area contributed by atoms with E-state index in [1.165, 1.54) is 0 Å². The summed E-state index contributed by atoms with van der Waals surface area (Å²) in [4.78, 5) is 17.2. The molecule has 5 rings (SSSR count). The molecule has 152 valence electrons. The van der Waals surface area contributed by atoms with Crippen molar-refractivity contribution in [1.82, 2.24) is 14.8 Å². The number of nitrogens with zero attached hydrogens (tertiary/aromatic N) is 3. The Labute approximate surface area is 178 Å². The van der Waals surface area contributed by atoms with Gasteiger partial charge in [0.1, 0.15) is 11.6 Å². The molecule has 0 bridgehead atoms. The van der Waals surface area contributed by atoms with Gasteiger partial charge in [0.05, 0.1) is 23.0 Å². The SMILES string of the molecule is CCCCOc1ccc([C@H]2CC(=O)Nc3c2cnn3-c2nc3ccccc3s2)cc1. The van der Waals surface area contributed by atoms with Gasteiger partial charge in [0, 0.05) is 17.9 Å². The second-order valence-electron chi connectivity index (χ2n) is 7.40. The number of carbonyl (C=O) groups excluding carboxylic acids is 1. The van der Waals surface area contributed by atoms with Gasteiger partial charge in [0.25, 0.3) is 0 Å². The van der Waals surface area contributed by atoms with Crippen LogP contribution in [0, 0.1) is 0 Å². The van der Waals surface area contributed by atoms with Crippen LogP contribution in [0.4, 0.5) is 5.82 Å². The second kappa shape index (κ2) is 7.91. The fraction of sp³-hybridized carbons (Fsp3) is 0.261. The Balaban J connectivity index is 1.47. The minimum atomic E-state index is -0.0402. The number of amides is 1. The van der Waals surface area contributed by atoms with Crippen LogP contribution in [0.1, 0.15) is 43.2 Å². The normalized spacial score (nSPS) is 15.8. The number of benzene rings is 2. The van der Waals surface area contributed by atoms with Gasteiger partial charge in [-0.2, -0.15) is 9.78 Å². The number of unbranched alkanes of at least 4 members (excludes halogenated alkanes) is 1. The monoisotopic (exact) mass is 418 g/mol. The fourth-order valence-corrected chi connectivity index (χ4v) is 4.67. The van der Waals surface area contributed by atoms with Crippen molar-refractivity contribution in [1.29, 1.82) is 0 Å². The number of fused-ring (bicyclic) bond motifs is 2. The van der Waals surface area contributed by atoms with E-state index in [9.17, 15) is 4.79 Å². The standard InChI is InChI=1S/C23H22N4O2S/c1-2-3-12-29-16-10-8-15(9-11-16)17-13-21(28)26-22-18(17)14-24-27(22)23-25-19-6-4-5-7-20(19)30-23/h4-11,14,17H,2-3,12-13H2,1H3,(H,26,28)/t17-/m1/s1. The predicted octanol–water partition coefficient (Wildman–Crippen LogP) is 5.14. The molecule has 2 aromatic carbocycles. The van der Waals surface area contributed by atoms with Crippen LogP contribution < -0.4 is 10.1 Å². The van der Waals surface area contributed by atoms with Gasteiger partial charge >= 0.3 is 0 Å². The van der Waals surface area contributed by atoms with Crippen LogP contribution in [0.2, 0.25) is 0 Å². The number of thiazole rings is 1. The second-order valence-corrected chi connectivity index (χ2v) is 8.41. The molecule has 6 nitrogen and oxygen atoms in total. The van der Waals surface area contributed by atoms with Crippen LogP contribution in [-0.2, 0) is 4.79 Å². The van der Waals surface area contributed by atoms with Crippen molar-refractivity contribution < 1.29 is 9.53 Å². The first-order valence-electron chi connectivity index (χ1n) is 10.2. The number of aromatic nitrogens is 3. The highest BCUT2D eigenvalue weighted by Crippen LogP contribution is 2.39. The van der Waals surface area contributed by atoms with Crippen LogP contribution in [0.15, 0.2) is 54.7 Å². The maximum atomic E-state index is 12.5. The van der Waals surface area contributed by atoms with Crippen LogP contribution in [-0.4, -0.2) is 27.3 Å². The Morgan fingerprint density at radius 2 is 2.03 bits per heavy atom. The number of hydrogen-bond donors (Lipinski definition) is 1. The number of nitrogens with one attached hydrogen (secondary N) is 1. The van der Waals surface area contributed by atoms with Crippen molar-refractivity contribution in [3.8, 4) is 10.9 Å². The summed E-state index contributed by atoms with van der Waals surface area (Å²) in [6, 6.07) is 16.0. The maximum Gasteiger partial charge on any atom is 0.226 e. The third-order valence-corrected chi connectivity index (χ3v) is 6.35. The zero-order valence-electron chi connectivity index (χ0n) is 16.7. The van der Waals surface area contributed by atoms with E-state index in [0.717, 1.165) is 51.7 Å². The summed E-state index contributed by atoms with van der Waals surface area (Å²) in [5.41, 5.74) is 3.02. The first-order chi connectivity index (χ1) is 14.7. The van der Waals surface area contributed by atoms with Crippen LogP contribution >= 0.6 is 11.3 Å². The van der Waals surface area contributed by atoms with E-state index < -0.39 is 0 Å². The van der Waals surface area contributed by atoms with Gasteiger partial charge in [-0.1, -0.05) is 48.9 Å². The van der Waals surface area contributed by atoms with E-state index in [-0.39, 0.29) is 11.8 Å². The molecule has 4 aromatic rings. The molecule has 0 radical (unpaired) electrons. The zero-order chi connectivity index (χ0) is 20.5. The van der Waals surface area contributed by atoms with Crippen LogP contribution in [0.5, 0.6) is 5.75 Å². The quantitative estimate of drug-likeness (QED) is 0.441. The van der Waals surface area contributed by atoms with Crippen molar-refractivity contribution in [3.63, 3.8) is 0 Å². The topological polar surface area (TPSA) is 69.0 Å². The molecule has 0 aliphatic carbocycles. The Morgan fingerprint density at radius 1 is 1.20 bits per heavy atom. The first-order valence-corrected chi connectivity index (χ1v) is 11.0. The molecular weight excluding hydrogens is 396 g/mol. The van der Waals surface area contributed by atoms with Gasteiger partial charge in [-0.3, -0.25) is 4.79 Å². The largest absolute Gasteiger partial charge is 0.494 e. The molecule has 1 amide bonds. The Kier molecular flexibility index (Phi) is 4.96. The van der Waals surface area contributed by atoms with E-state index >= 15 is 0 Å². The van der Waals surface area contributed by atoms with E-state index in [0.29, 0.717) is 12.2 Å². The van der Waals surface area contributed by atoms with Crippen molar-refractivity contribution >= 4 is 33.3 Å². The van der Waals surface area contributed by atoms with Gasteiger partial charge in [-0.05, 0) is 36.2 Å². The lowest BCUT2D eigenvalue weighted by Crippen LogP contribution is -2.24. The van der Waals surface area contributed by atoms with E-state index in [1.54, 1.807) is 16.0 Å². The average molecular weight is 419 g/mol. The number of anilines is 1. The highest BCUT2D eigenvalue weighted by molar-refractivity contribution is 7.20. The number of para-hydroxylation sites is 1. The molecule has 0 saturated heterocycles. The average Bonchev–Trinajstić information content (AvgIpc) is 3.37. The Bertz CT molecular complexity index is 1160. The number of carbonyl (C=O) groups is 1. The molecule has 1 aliphatic rings. The summed E-state index contributed by atoms with van der Waals surface area (Å²) in [7, 11) is 0. The third kappa shape index (κ3) is 3.45.